The van der Waals surface area contributed by atoms with Crippen molar-refractivity contribution in [2.45, 2.75) is 0 Å². The molecule has 2 aromatic rings. The van der Waals surface area contributed by atoms with Gasteiger partial charge in [-0.15, -0.1) is 0 Å². The molecule has 0 saturated carbocycles. The van der Waals surface area contributed by atoms with Crippen molar-refractivity contribution in [3.63, 3.8) is 0 Å². The monoisotopic (exact) mass is 294 g/mol. The van der Waals surface area contributed by atoms with Crippen LogP contribution in [-0.4, -0.2) is 12.5 Å². The molecule has 0 atom stereocenters. The van der Waals surface area contributed by atoms with Crippen LogP contribution in [-0.2, 0) is 4.79 Å². The van der Waals surface area contributed by atoms with Crippen LogP contribution >= 0.6 is 11.6 Å². The zero-order valence-electron chi connectivity index (χ0n) is 10.4. The largest absolute Gasteiger partial charge is 0.484 e. The summed E-state index contributed by atoms with van der Waals surface area (Å²) in [6, 6.07) is 10.3. The molecule has 6 heteroatoms. The standard InChI is InChI=1S/C14H12ClFN2O2/c15-12-5-4-10(7-13(12)17)18-14(19)8-20-11-3-1-2-9(16)6-11/h1-7H,8,17H2,(H,18,19). The molecule has 0 fully saturated rings. The molecule has 2 aromatic carbocycles. The highest BCUT2D eigenvalue weighted by atomic mass is 35.5. The summed E-state index contributed by atoms with van der Waals surface area (Å²) in [5, 5.41) is 3.01. The van der Waals surface area contributed by atoms with Crippen molar-refractivity contribution in [3.8, 4) is 5.75 Å². The fraction of sp³-hybridized carbons (Fsp3) is 0.0714. The molecule has 4 nitrogen and oxygen atoms in total. The van der Waals surface area contributed by atoms with Crippen LogP contribution in [0.5, 0.6) is 5.75 Å². The Bertz CT molecular complexity index is 634. The van der Waals surface area contributed by atoms with E-state index in [2.05, 4.69) is 5.32 Å². The number of halogens is 2. The second kappa shape index (κ2) is 6.25. The fourth-order valence-corrected chi connectivity index (χ4v) is 1.64. The van der Waals surface area contributed by atoms with E-state index in [1.165, 1.54) is 18.2 Å². The van der Waals surface area contributed by atoms with Gasteiger partial charge in [0.05, 0.1) is 10.7 Å². The first-order valence-electron chi connectivity index (χ1n) is 5.78. The highest BCUT2D eigenvalue weighted by Crippen LogP contribution is 2.22. The van der Waals surface area contributed by atoms with E-state index in [9.17, 15) is 9.18 Å². The van der Waals surface area contributed by atoms with Crippen LogP contribution in [0.1, 0.15) is 0 Å². The normalized spacial score (nSPS) is 10.1. The molecule has 104 valence electrons. The van der Waals surface area contributed by atoms with E-state index in [1.54, 1.807) is 24.3 Å². The quantitative estimate of drug-likeness (QED) is 0.852. The number of hydrogen-bond donors (Lipinski definition) is 2. The van der Waals surface area contributed by atoms with Crippen molar-refractivity contribution in [2.75, 3.05) is 17.7 Å². The van der Waals surface area contributed by atoms with Crippen LogP contribution in [0.4, 0.5) is 15.8 Å². The number of ether oxygens (including phenoxy) is 1. The van der Waals surface area contributed by atoms with Gasteiger partial charge in [-0.1, -0.05) is 17.7 Å². The van der Waals surface area contributed by atoms with Gasteiger partial charge in [0.2, 0.25) is 0 Å². The van der Waals surface area contributed by atoms with E-state index < -0.39 is 5.82 Å². The van der Waals surface area contributed by atoms with E-state index in [0.29, 0.717) is 16.4 Å². The topological polar surface area (TPSA) is 64.3 Å². The van der Waals surface area contributed by atoms with E-state index in [-0.39, 0.29) is 18.3 Å². The van der Waals surface area contributed by atoms with E-state index in [4.69, 9.17) is 22.1 Å². The summed E-state index contributed by atoms with van der Waals surface area (Å²) in [7, 11) is 0. The zero-order valence-corrected chi connectivity index (χ0v) is 11.2. The minimum absolute atomic E-state index is 0.230. The summed E-state index contributed by atoms with van der Waals surface area (Å²) in [5.74, 6) is -0.514. The maximum absolute atomic E-state index is 12.9. The number of rotatable bonds is 4. The molecule has 0 aliphatic rings. The number of carbonyl (C=O) groups is 1. The lowest BCUT2D eigenvalue weighted by Crippen LogP contribution is -2.20. The average molecular weight is 295 g/mol. The second-order valence-electron chi connectivity index (χ2n) is 4.03. The molecule has 2 rings (SSSR count). The number of nitrogens with one attached hydrogen (secondary N) is 1. The number of benzene rings is 2. The lowest BCUT2D eigenvalue weighted by atomic mass is 10.3. The van der Waals surface area contributed by atoms with E-state index >= 15 is 0 Å². The first kappa shape index (κ1) is 14.1. The Morgan fingerprint density at radius 3 is 2.80 bits per heavy atom. The third-order valence-corrected chi connectivity index (χ3v) is 2.79. The molecule has 0 bridgehead atoms. The van der Waals surface area contributed by atoms with Gasteiger partial charge in [-0.2, -0.15) is 0 Å². The third-order valence-electron chi connectivity index (χ3n) is 2.45. The minimum atomic E-state index is -0.423. The third kappa shape index (κ3) is 3.86. The first-order chi connectivity index (χ1) is 9.54. The minimum Gasteiger partial charge on any atom is -0.484 e. The predicted molar refractivity (Wildman–Crippen MR) is 76.4 cm³/mol. The number of hydrogen-bond acceptors (Lipinski definition) is 3. The van der Waals surface area contributed by atoms with Crippen molar-refractivity contribution < 1.29 is 13.9 Å². The molecular weight excluding hydrogens is 283 g/mol. The molecule has 0 aromatic heterocycles. The Morgan fingerprint density at radius 1 is 1.30 bits per heavy atom. The van der Waals surface area contributed by atoms with Gasteiger partial charge in [-0.3, -0.25) is 4.79 Å². The van der Waals surface area contributed by atoms with Gasteiger partial charge < -0.3 is 15.8 Å². The van der Waals surface area contributed by atoms with Gasteiger partial charge in [0.25, 0.3) is 5.91 Å². The molecule has 1 amide bonds. The lowest BCUT2D eigenvalue weighted by Gasteiger charge is -2.08. The Hall–Kier alpha value is -2.27. The molecule has 0 saturated heterocycles. The summed E-state index contributed by atoms with van der Waals surface area (Å²) in [5.41, 5.74) is 6.51. The summed E-state index contributed by atoms with van der Waals surface area (Å²) >= 11 is 5.78. The van der Waals surface area contributed by atoms with E-state index in [0.717, 1.165) is 0 Å². The first-order valence-corrected chi connectivity index (χ1v) is 6.15. The number of nitrogens with two attached hydrogens (primary N) is 1. The van der Waals surface area contributed by atoms with Crippen molar-refractivity contribution in [3.05, 3.63) is 53.3 Å². The van der Waals surface area contributed by atoms with Crippen molar-refractivity contribution in [1.82, 2.24) is 0 Å². The summed E-state index contributed by atoms with van der Waals surface area (Å²) in [6.07, 6.45) is 0. The highest BCUT2D eigenvalue weighted by molar-refractivity contribution is 6.33. The van der Waals surface area contributed by atoms with Gasteiger partial charge in [-0.05, 0) is 30.3 Å². The van der Waals surface area contributed by atoms with Crippen LogP contribution in [0.15, 0.2) is 42.5 Å². The molecule has 0 heterocycles. The fourth-order valence-electron chi connectivity index (χ4n) is 1.52. The van der Waals surface area contributed by atoms with Gasteiger partial charge in [0.15, 0.2) is 6.61 Å². The Morgan fingerprint density at radius 2 is 2.10 bits per heavy atom. The van der Waals surface area contributed by atoms with Gasteiger partial charge >= 0.3 is 0 Å². The van der Waals surface area contributed by atoms with Crippen LogP contribution in [0.2, 0.25) is 5.02 Å². The predicted octanol–water partition coefficient (Wildman–Crippen LogP) is 3.08. The average Bonchev–Trinajstić information content (AvgIpc) is 2.41. The van der Waals surface area contributed by atoms with Gasteiger partial charge in [-0.25, -0.2) is 4.39 Å². The van der Waals surface area contributed by atoms with Crippen LogP contribution in [0.25, 0.3) is 0 Å². The summed E-state index contributed by atoms with van der Waals surface area (Å²) < 4.78 is 18.1. The maximum atomic E-state index is 12.9. The van der Waals surface area contributed by atoms with Crippen molar-refractivity contribution in [1.29, 1.82) is 0 Å². The lowest BCUT2D eigenvalue weighted by molar-refractivity contribution is -0.118. The van der Waals surface area contributed by atoms with E-state index in [1.807, 2.05) is 0 Å². The summed E-state index contributed by atoms with van der Waals surface area (Å²) in [6.45, 7) is -0.230. The Labute approximate surface area is 120 Å². The van der Waals surface area contributed by atoms with Crippen molar-refractivity contribution in [2.24, 2.45) is 0 Å². The molecule has 0 aliphatic carbocycles. The number of amides is 1. The molecular formula is C14H12ClFN2O2. The molecule has 0 unspecified atom stereocenters. The molecule has 3 N–H and O–H groups in total. The number of nitrogen functional groups attached to an aromatic ring is 1. The molecule has 0 aliphatic heterocycles. The second-order valence-corrected chi connectivity index (χ2v) is 4.44. The highest BCUT2D eigenvalue weighted by Gasteiger charge is 2.05. The number of anilines is 2. The molecule has 0 spiro atoms. The number of carbonyl (C=O) groups excluding carboxylic acids is 1. The zero-order chi connectivity index (χ0) is 14.5. The van der Waals surface area contributed by atoms with Crippen LogP contribution in [0, 0.1) is 5.82 Å². The van der Waals surface area contributed by atoms with Gasteiger partial charge in [0.1, 0.15) is 11.6 Å². The van der Waals surface area contributed by atoms with Crippen LogP contribution in [0.3, 0.4) is 0 Å². The molecule has 0 radical (unpaired) electrons. The van der Waals surface area contributed by atoms with Crippen LogP contribution < -0.4 is 15.8 Å². The van der Waals surface area contributed by atoms with Crippen molar-refractivity contribution >= 4 is 28.9 Å². The Balaban J connectivity index is 1.91. The SMILES string of the molecule is Nc1cc(NC(=O)COc2cccc(F)c2)ccc1Cl. The van der Waals surface area contributed by atoms with Gasteiger partial charge in [0, 0.05) is 11.8 Å². The maximum Gasteiger partial charge on any atom is 0.262 e. The summed E-state index contributed by atoms with van der Waals surface area (Å²) in [4.78, 5) is 11.7. The molecule has 20 heavy (non-hydrogen) atoms. The smallest absolute Gasteiger partial charge is 0.262 e. The Kier molecular flexibility index (Phi) is 4.42.